The Kier molecular flexibility index (Phi) is 5.89. The number of halogens is 2. The molecular formula is C13H17Cl2N. The van der Waals surface area contributed by atoms with Gasteiger partial charge in [0.2, 0.25) is 0 Å². The lowest BCUT2D eigenvalue weighted by Crippen LogP contribution is -2.24. The van der Waals surface area contributed by atoms with Gasteiger partial charge in [0.25, 0.3) is 0 Å². The average Bonchev–Trinajstić information content (AvgIpc) is 2.22. The Morgan fingerprint density at radius 1 is 1.25 bits per heavy atom. The van der Waals surface area contributed by atoms with E-state index in [0.717, 1.165) is 18.5 Å². The molecular weight excluding hydrogens is 241 g/mol. The van der Waals surface area contributed by atoms with E-state index in [0.29, 0.717) is 16.1 Å². The lowest BCUT2D eigenvalue weighted by Gasteiger charge is -2.07. The van der Waals surface area contributed by atoms with Gasteiger partial charge in [-0.15, -0.1) is 0 Å². The predicted octanol–water partition coefficient (Wildman–Crippen LogP) is 4.39. The van der Waals surface area contributed by atoms with Crippen LogP contribution in [0.5, 0.6) is 0 Å². The Morgan fingerprint density at radius 3 is 2.44 bits per heavy atom. The van der Waals surface area contributed by atoms with Gasteiger partial charge in [0.1, 0.15) is 0 Å². The number of benzene rings is 1. The maximum absolute atomic E-state index is 5.92. The summed E-state index contributed by atoms with van der Waals surface area (Å²) < 4.78 is 0. The molecule has 1 unspecified atom stereocenters. The van der Waals surface area contributed by atoms with Gasteiger partial charge >= 0.3 is 0 Å². The number of hydrogen-bond donors (Lipinski definition) is 1. The third-order valence-electron chi connectivity index (χ3n) is 2.18. The fraction of sp³-hybridized carbons (Fsp3) is 0.385. The van der Waals surface area contributed by atoms with Crippen molar-refractivity contribution in [3.8, 4) is 0 Å². The van der Waals surface area contributed by atoms with Crippen molar-refractivity contribution in [2.24, 2.45) is 0 Å². The van der Waals surface area contributed by atoms with Gasteiger partial charge in [-0.2, -0.15) is 0 Å². The molecule has 1 atom stereocenters. The summed E-state index contributed by atoms with van der Waals surface area (Å²) in [5.74, 6) is 0. The van der Waals surface area contributed by atoms with Gasteiger partial charge in [0, 0.05) is 16.1 Å². The van der Waals surface area contributed by atoms with Crippen molar-refractivity contribution in [3.05, 3.63) is 39.9 Å². The van der Waals surface area contributed by atoms with Crippen LogP contribution in [-0.2, 0) is 0 Å². The minimum absolute atomic E-state index is 0.359. The highest BCUT2D eigenvalue weighted by Crippen LogP contribution is 2.19. The van der Waals surface area contributed by atoms with Crippen molar-refractivity contribution < 1.29 is 0 Å². The third kappa shape index (κ3) is 5.02. The molecule has 0 fully saturated rings. The van der Waals surface area contributed by atoms with Crippen LogP contribution in [0.25, 0.3) is 6.08 Å². The van der Waals surface area contributed by atoms with Crippen LogP contribution in [0.15, 0.2) is 24.3 Å². The Labute approximate surface area is 107 Å². The lowest BCUT2D eigenvalue weighted by molar-refractivity contribution is 0.625. The second-order valence-corrected chi connectivity index (χ2v) is 4.68. The van der Waals surface area contributed by atoms with Crippen LogP contribution in [0.1, 0.15) is 25.8 Å². The molecule has 0 aliphatic rings. The van der Waals surface area contributed by atoms with Gasteiger partial charge in [0.15, 0.2) is 0 Å². The predicted molar refractivity (Wildman–Crippen MR) is 73.3 cm³/mol. The molecule has 1 aromatic carbocycles. The van der Waals surface area contributed by atoms with E-state index in [4.69, 9.17) is 23.2 Å². The van der Waals surface area contributed by atoms with Crippen LogP contribution in [0.3, 0.4) is 0 Å². The van der Waals surface area contributed by atoms with Crippen molar-refractivity contribution in [1.82, 2.24) is 5.32 Å². The van der Waals surface area contributed by atoms with Crippen LogP contribution in [0.4, 0.5) is 0 Å². The van der Waals surface area contributed by atoms with Crippen LogP contribution < -0.4 is 5.32 Å². The molecule has 16 heavy (non-hydrogen) atoms. The molecule has 0 aliphatic heterocycles. The number of nitrogens with one attached hydrogen (secondary N) is 1. The quantitative estimate of drug-likeness (QED) is 0.825. The molecule has 0 amide bonds. The first-order chi connectivity index (χ1) is 7.61. The van der Waals surface area contributed by atoms with Gasteiger partial charge in [-0.3, -0.25) is 0 Å². The molecule has 0 saturated carbocycles. The van der Waals surface area contributed by atoms with E-state index in [1.54, 1.807) is 6.07 Å². The third-order valence-corrected chi connectivity index (χ3v) is 2.61. The molecule has 1 N–H and O–H groups in total. The van der Waals surface area contributed by atoms with Crippen molar-refractivity contribution in [2.75, 3.05) is 6.54 Å². The minimum Gasteiger partial charge on any atom is -0.311 e. The summed E-state index contributed by atoms with van der Waals surface area (Å²) in [6, 6.07) is 5.89. The summed E-state index contributed by atoms with van der Waals surface area (Å²) in [6.45, 7) is 5.31. The van der Waals surface area contributed by atoms with Gasteiger partial charge in [-0.25, -0.2) is 0 Å². The highest BCUT2D eigenvalue weighted by Gasteiger charge is 1.97. The number of hydrogen-bond acceptors (Lipinski definition) is 1. The Bertz CT molecular complexity index is 341. The van der Waals surface area contributed by atoms with Crippen molar-refractivity contribution in [2.45, 2.75) is 26.3 Å². The van der Waals surface area contributed by atoms with Crippen LogP contribution in [-0.4, -0.2) is 12.6 Å². The lowest BCUT2D eigenvalue weighted by atomic mass is 10.2. The van der Waals surface area contributed by atoms with Crippen molar-refractivity contribution >= 4 is 29.3 Å². The average molecular weight is 258 g/mol. The first-order valence-corrected chi connectivity index (χ1v) is 6.25. The van der Waals surface area contributed by atoms with Gasteiger partial charge in [0.05, 0.1) is 0 Å². The normalized spacial score (nSPS) is 13.2. The summed E-state index contributed by atoms with van der Waals surface area (Å²) in [6.07, 6.45) is 5.28. The van der Waals surface area contributed by atoms with E-state index in [2.05, 4.69) is 25.2 Å². The molecule has 0 bridgehead atoms. The molecule has 0 saturated heterocycles. The standard InChI is InChI=1S/C13H17Cl2N/c1-3-6-16-10(2)4-5-11-7-12(14)9-13(15)8-11/h4-5,7-10,16H,3,6H2,1-2H3/b5-4+. The van der Waals surface area contributed by atoms with Gasteiger partial charge in [-0.05, 0) is 43.7 Å². The first kappa shape index (κ1) is 13.6. The first-order valence-electron chi connectivity index (χ1n) is 5.49. The summed E-state index contributed by atoms with van der Waals surface area (Å²) >= 11 is 11.8. The van der Waals surface area contributed by atoms with Gasteiger partial charge < -0.3 is 5.32 Å². The molecule has 0 spiro atoms. The monoisotopic (exact) mass is 257 g/mol. The van der Waals surface area contributed by atoms with E-state index >= 15 is 0 Å². The molecule has 1 rings (SSSR count). The molecule has 88 valence electrons. The summed E-state index contributed by atoms with van der Waals surface area (Å²) in [7, 11) is 0. The van der Waals surface area contributed by atoms with Crippen LogP contribution in [0, 0.1) is 0 Å². The Hall–Kier alpha value is -0.500. The molecule has 0 heterocycles. The van der Waals surface area contributed by atoms with Gasteiger partial charge in [-0.1, -0.05) is 42.3 Å². The van der Waals surface area contributed by atoms with E-state index in [9.17, 15) is 0 Å². The fourth-order valence-corrected chi connectivity index (χ4v) is 1.91. The maximum Gasteiger partial charge on any atom is 0.0426 e. The fourth-order valence-electron chi connectivity index (χ4n) is 1.37. The molecule has 0 radical (unpaired) electrons. The summed E-state index contributed by atoms with van der Waals surface area (Å²) in [5.41, 5.74) is 1.03. The Morgan fingerprint density at radius 2 is 1.88 bits per heavy atom. The smallest absolute Gasteiger partial charge is 0.0426 e. The highest BCUT2D eigenvalue weighted by molar-refractivity contribution is 6.34. The molecule has 1 nitrogen and oxygen atoms in total. The van der Waals surface area contributed by atoms with E-state index in [-0.39, 0.29) is 0 Å². The van der Waals surface area contributed by atoms with E-state index in [1.165, 1.54) is 0 Å². The topological polar surface area (TPSA) is 12.0 Å². The van der Waals surface area contributed by atoms with E-state index < -0.39 is 0 Å². The molecule has 0 aliphatic carbocycles. The zero-order valence-corrected chi connectivity index (χ0v) is 11.1. The largest absolute Gasteiger partial charge is 0.311 e. The summed E-state index contributed by atoms with van der Waals surface area (Å²) in [4.78, 5) is 0. The van der Waals surface area contributed by atoms with Crippen LogP contribution >= 0.6 is 23.2 Å². The molecule has 0 aromatic heterocycles. The highest BCUT2D eigenvalue weighted by atomic mass is 35.5. The zero-order valence-electron chi connectivity index (χ0n) is 9.63. The number of rotatable bonds is 5. The minimum atomic E-state index is 0.359. The Balaban J connectivity index is 2.61. The second kappa shape index (κ2) is 6.95. The van der Waals surface area contributed by atoms with Crippen LogP contribution in [0.2, 0.25) is 10.0 Å². The summed E-state index contributed by atoms with van der Waals surface area (Å²) in [5, 5.41) is 4.71. The SMILES string of the molecule is CCCNC(C)/C=C/c1cc(Cl)cc(Cl)c1. The molecule has 3 heteroatoms. The van der Waals surface area contributed by atoms with Crippen molar-refractivity contribution in [1.29, 1.82) is 0 Å². The second-order valence-electron chi connectivity index (χ2n) is 3.80. The maximum atomic E-state index is 5.92. The van der Waals surface area contributed by atoms with E-state index in [1.807, 2.05) is 18.2 Å². The molecule has 1 aromatic rings. The zero-order chi connectivity index (χ0) is 12.0. The van der Waals surface area contributed by atoms with Crippen molar-refractivity contribution in [3.63, 3.8) is 0 Å².